The maximum atomic E-state index is 13.9. The molecule has 2 atom stereocenters. The number of aryl methyl sites for hydroxylation is 1. The number of carbonyl (C=O) groups excluding carboxylic acids is 1. The third-order valence-electron chi connectivity index (χ3n) is 6.24. The summed E-state index contributed by atoms with van der Waals surface area (Å²) in [6, 6.07) is 8.75. The number of methoxy groups -OCH3 is 1. The molecular weight excluding hydrogens is 407 g/mol. The smallest absolute Gasteiger partial charge is 0.254 e. The van der Waals surface area contributed by atoms with Gasteiger partial charge >= 0.3 is 0 Å². The molecule has 3 heterocycles. The van der Waals surface area contributed by atoms with E-state index in [0.29, 0.717) is 23.4 Å². The molecule has 0 N–H and O–H groups in total. The van der Waals surface area contributed by atoms with E-state index in [2.05, 4.69) is 5.10 Å². The molecule has 0 saturated carbocycles. The predicted molar refractivity (Wildman–Crippen MR) is 107 cm³/mol. The van der Waals surface area contributed by atoms with Gasteiger partial charge in [0.05, 0.1) is 24.5 Å². The van der Waals surface area contributed by atoms with E-state index in [9.17, 15) is 18.0 Å². The molecule has 0 aliphatic carbocycles. The third-order valence-corrected chi connectivity index (χ3v) is 6.24. The van der Waals surface area contributed by atoms with E-state index in [1.807, 2.05) is 4.90 Å². The summed E-state index contributed by atoms with van der Waals surface area (Å²) in [7, 11) is 3.24. The first-order valence-electron chi connectivity index (χ1n) is 10.1. The van der Waals surface area contributed by atoms with Crippen molar-refractivity contribution in [1.29, 1.82) is 0 Å². The second-order valence-corrected chi connectivity index (χ2v) is 7.99. The topological polar surface area (TPSA) is 47.4 Å². The number of hydrogen-bond donors (Lipinski definition) is 0. The number of ether oxygens (including phenoxy) is 1. The monoisotopic (exact) mass is 427 g/mol. The Morgan fingerprint density at radius 3 is 2.58 bits per heavy atom. The maximum Gasteiger partial charge on any atom is 0.254 e. The zero-order chi connectivity index (χ0) is 21.9. The van der Waals surface area contributed by atoms with Gasteiger partial charge in [0, 0.05) is 29.8 Å². The normalized spacial score (nSPS) is 19.5. The average Bonchev–Trinajstić information content (AvgIpc) is 3.27. The van der Waals surface area contributed by atoms with Gasteiger partial charge in [0.25, 0.3) is 5.91 Å². The van der Waals surface area contributed by atoms with Crippen LogP contribution in [0.25, 0.3) is 11.3 Å². The number of rotatable bonds is 3. The lowest BCUT2D eigenvalue weighted by Gasteiger charge is -2.34. The summed E-state index contributed by atoms with van der Waals surface area (Å²) in [4.78, 5) is 15.2. The lowest BCUT2D eigenvalue weighted by Crippen LogP contribution is -2.41. The molecule has 1 fully saturated rings. The second-order valence-electron chi connectivity index (χ2n) is 7.99. The van der Waals surface area contributed by atoms with E-state index in [0.717, 1.165) is 36.2 Å². The Bertz CT molecular complexity index is 1180. The van der Waals surface area contributed by atoms with Crippen molar-refractivity contribution in [2.24, 2.45) is 7.05 Å². The van der Waals surface area contributed by atoms with Crippen molar-refractivity contribution in [3.63, 3.8) is 0 Å². The zero-order valence-corrected chi connectivity index (χ0v) is 17.0. The van der Waals surface area contributed by atoms with Gasteiger partial charge in [-0.25, -0.2) is 13.2 Å². The van der Waals surface area contributed by atoms with Crippen molar-refractivity contribution < 1.29 is 22.7 Å². The first-order chi connectivity index (χ1) is 14.9. The van der Waals surface area contributed by atoms with Crippen molar-refractivity contribution in [2.45, 2.75) is 31.3 Å². The van der Waals surface area contributed by atoms with Gasteiger partial charge in [-0.3, -0.25) is 9.48 Å². The summed E-state index contributed by atoms with van der Waals surface area (Å²) in [6.45, 7) is 0. The Morgan fingerprint density at radius 1 is 1.13 bits per heavy atom. The van der Waals surface area contributed by atoms with Gasteiger partial charge in [-0.05, 0) is 49.6 Å². The fraction of sp³-hybridized carbons (Fsp3) is 0.304. The van der Waals surface area contributed by atoms with Crippen LogP contribution in [0.5, 0.6) is 5.75 Å². The maximum absolute atomic E-state index is 13.9. The Kier molecular flexibility index (Phi) is 4.53. The van der Waals surface area contributed by atoms with Gasteiger partial charge in [-0.2, -0.15) is 5.10 Å². The number of amides is 1. The van der Waals surface area contributed by atoms with E-state index in [1.165, 1.54) is 0 Å². The number of halogens is 3. The van der Waals surface area contributed by atoms with Crippen LogP contribution in [-0.2, 0) is 13.5 Å². The minimum Gasteiger partial charge on any atom is -0.497 e. The van der Waals surface area contributed by atoms with Crippen LogP contribution in [0.3, 0.4) is 0 Å². The Morgan fingerprint density at radius 2 is 1.87 bits per heavy atom. The van der Waals surface area contributed by atoms with E-state index in [-0.39, 0.29) is 23.6 Å². The number of benzene rings is 2. The highest BCUT2D eigenvalue weighted by atomic mass is 19.2. The Balaban J connectivity index is 1.55. The van der Waals surface area contributed by atoms with Crippen LogP contribution in [0.2, 0.25) is 0 Å². The fourth-order valence-electron chi connectivity index (χ4n) is 4.91. The Hall–Kier alpha value is -3.29. The summed E-state index contributed by atoms with van der Waals surface area (Å²) in [5.74, 6) is -3.45. The summed E-state index contributed by atoms with van der Waals surface area (Å²) in [5, 5.41) is 4.61. The average molecular weight is 427 g/mol. The number of hydrogen-bond acceptors (Lipinski definition) is 3. The third kappa shape index (κ3) is 3.00. The summed E-state index contributed by atoms with van der Waals surface area (Å²) >= 11 is 0. The molecule has 1 saturated heterocycles. The van der Waals surface area contributed by atoms with Crippen LogP contribution in [0.15, 0.2) is 36.4 Å². The molecule has 0 radical (unpaired) electrons. The van der Waals surface area contributed by atoms with Gasteiger partial charge in [-0.15, -0.1) is 0 Å². The lowest BCUT2D eigenvalue weighted by molar-refractivity contribution is 0.0642. The van der Waals surface area contributed by atoms with Gasteiger partial charge in [0.15, 0.2) is 17.5 Å². The van der Waals surface area contributed by atoms with Crippen molar-refractivity contribution in [3.05, 3.63) is 70.7 Å². The molecule has 3 aromatic rings. The van der Waals surface area contributed by atoms with E-state index in [4.69, 9.17) is 4.74 Å². The van der Waals surface area contributed by atoms with Crippen LogP contribution >= 0.6 is 0 Å². The largest absolute Gasteiger partial charge is 0.497 e. The summed E-state index contributed by atoms with van der Waals surface area (Å²) < 4.78 is 48.0. The second kappa shape index (κ2) is 7.14. The lowest BCUT2D eigenvalue weighted by atomic mass is 9.94. The van der Waals surface area contributed by atoms with E-state index >= 15 is 0 Å². The molecule has 1 aromatic heterocycles. The fourth-order valence-corrected chi connectivity index (χ4v) is 4.91. The molecule has 2 aliphatic heterocycles. The molecule has 8 heteroatoms. The molecule has 1 amide bonds. The van der Waals surface area contributed by atoms with Crippen molar-refractivity contribution in [2.75, 3.05) is 7.11 Å². The van der Waals surface area contributed by atoms with Crippen LogP contribution in [0, 0.1) is 17.5 Å². The van der Waals surface area contributed by atoms with Crippen molar-refractivity contribution in [1.82, 2.24) is 14.7 Å². The summed E-state index contributed by atoms with van der Waals surface area (Å²) in [5.41, 5.74) is 2.92. The zero-order valence-electron chi connectivity index (χ0n) is 17.0. The molecule has 5 rings (SSSR count). The van der Waals surface area contributed by atoms with Crippen molar-refractivity contribution in [3.8, 4) is 17.0 Å². The van der Waals surface area contributed by atoms with Gasteiger partial charge in [-0.1, -0.05) is 6.07 Å². The van der Waals surface area contributed by atoms with Gasteiger partial charge < -0.3 is 9.64 Å². The Labute approximate surface area is 177 Å². The van der Waals surface area contributed by atoms with Crippen LogP contribution in [-0.4, -0.2) is 33.7 Å². The van der Waals surface area contributed by atoms with Crippen LogP contribution < -0.4 is 4.74 Å². The quantitative estimate of drug-likeness (QED) is 0.582. The molecule has 2 aliphatic rings. The van der Waals surface area contributed by atoms with Gasteiger partial charge in [0.1, 0.15) is 5.75 Å². The highest BCUT2D eigenvalue weighted by molar-refractivity contribution is 5.95. The van der Waals surface area contributed by atoms with Crippen LogP contribution in [0.1, 0.15) is 40.5 Å². The highest BCUT2D eigenvalue weighted by Gasteiger charge is 2.45. The predicted octanol–water partition coefficient (Wildman–Crippen LogP) is 4.42. The molecule has 160 valence electrons. The van der Waals surface area contributed by atoms with E-state index < -0.39 is 17.5 Å². The van der Waals surface area contributed by atoms with Crippen molar-refractivity contribution >= 4 is 5.91 Å². The number of nitrogens with zero attached hydrogens (tertiary/aromatic N) is 3. The first kappa shape index (κ1) is 19.7. The molecular formula is C23H20F3N3O2. The molecule has 2 bridgehead atoms. The summed E-state index contributed by atoms with van der Waals surface area (Å²) in [6.07, 6.45) is 2.09. The molecule has 0 spiro atoms. The van der Waals surface area contributed by atoms with Crippen LogP contribution in [0.4, 0.5) is 13.2 Å². The standard InChI is InChI=1S/C23H20F3N3O2/c1-28-22(13-9-17(24)20(26)18(25)10-13)16-11-14-6-7-19(21(16)27-28)29(14)23(30)12-4-3-5-15(8-12)31-2/h3-5,8-10,14,19H,6-7,11H2,1-2H3/t14-,19+/m1/s1. The van der Waals surface area contributed by atoms with Gasteiger partial charge in [0.2, 0.25) is 0 Å². The minimum absolute atomic E-state index is 0.0470. The van der Waals surface area contributed by atoms with E-state index in [1.54, 1.807) is 43.1 Å². The molecule has 5 nitrogen and oxygen atoms in total. The molecule has 31 heavy (non-hydrogen) atoms. The number of fused-ring (bicyclic) bond motifs is 4. The minimum atomic E-state index is -1.49. The first-order valence-corrected chi connectivity index (χ1v) is 10.1. The SMILES string of the molecule is COc1cccc(C(=O)N2[C@@H]3CC[C@H]2c2nn(C)c(-c4cc(F)c(F)c(F)c4)c2C3)c1. The molecule has 2 aromatic carbocycles. The highest BCUT2D eigenvalue weighted by Crippen LogP contribution is 2.46. The molecule has 0 unspecified atom stereocenters. The number of aromatic nitrogens is 2. The number of carbonyl (C=O) groups is 1.